The quantitative estimate of drug-likeness (QED) is 0.706. The number of nitrogen functional groups attached to an aromatic ring is 1. The first-order valence-electron chi connectivity index (χ1n) is 7.81. The second-order valence-corrected chi connectivity index (χ2v) is 6.72. The molecule has 126 valence electrons. The Labute approximate surface area is 146 Å². The maximum absolute atomic E-state index is 12.8. The van der Waals surface area contributed by atoms with Gasteiger partial charge < -0.3 is 15.6 Å². The van der Waals surface area contributed by atoms with Crippen LogP contribution in [0.2, 0.25) is 0 Å². The molecule has 2 aromatic heterocycles. The summed E-state index contributed by atoms with van der Waals surface area (Å²) in [6, 6.07) is 7.06. The molecule has 6 nitrogen and oxygen atoms in total. The highest BCUT2D eigenvalue weighted by Gasteiger charge is 2.24. The van der Waals surface area contributed by atoms with E-state index in [9.17, 15) is 4.79 Å². The Morgan fingerprint density at radius 3 is 2.52 bits per heavy atom. The van der Waals surface area contributed by atoms with Crippen molar-refractivity contribution in [3.8, 4) is 12.3 Å². The van der Waals surface area contributed by atoms with Crippen LogP contribution >= 0.6 is 0 Å². The molecule has 25 heavy (non-hydrogen) atoms. The molecule has 0 fully saturated rings. The number of aromatic nitrogens is 3. The number of hydrogen-bond acceptors (Lipinski definition) is 4. The van der Waals surface area contributed by atoms with E-state index in [1.165, 1.54) is 6.33 Å². The van der Waals surface area contributed by atoms with E-state index >= 15 is 0 Å². The van der Waals surface area contributed by atoms with Crippen LogP contribution in [0.15, 0.2) is 36.8 Å². The zero-order chi connectivity index (χ0) is 18.2. The van der Waals surface area contributed by atoms with Gasteiger partial charge in [0.1, 0.15) is 17.8 Å². The van der Waals surface area contributed by atoms with Gasteiger partial charge >= 0.3 is 0 Å². The number of nitrogens with zero attached hydrogens (tertiary/aromatic N) is 3. The Morgan fingerprint density at radius 2 is 1.92 bits per heavy atom. The van der Waals surface area contributed by atoms with E-state index < -0.39 is 0 Å². The second-order valence-electron chi connectivity index (χ2n) is 6.72. The largest absolute Gasteiger partial charge is 0.383 e. The van der Waals surface area contributed by atoms with Crippen LogP contribution in [0.25, 0.3) is 11.0 Å². The van der Waals surface area contributed by atoms with Crippen molar-refractivity contribution in [3.63, 3.8) is 0 Å². The number of nitrogens with two attached hydrogens (primary N) is 1. The molecule has 0 spiro atoms. The Bertz CT molecular complexity index is 988. The van der Waals surface area contributed by atoms with Crippen LogP contribution < -0.4 is 11.1 Å². The Morgan fingerprint density at radius 1 is 1.24 bits per heavy atom. The van der Waals surface area contributed by atoms with Crippen molar-refractivity contribution in [1.82, 2.24) is 14.5 Å². The van der Waals surface area contributed by atoms with Gasteiger partial charge in [-0.25, -0.2) is 9.97 Å². The van der Waals surface area contributed by atoms with Gasteiger partial charge in [-0.3, -0.25) is 4.79 Å². The van der Waals surface area contributed by atoms with Crippen LogP contribution in [0.3, 0.4) is 0 Å². The number of anilines is 2. The predicted octanol–water partition coefficient (Wildman–Crippen LogP) is 3.00. The minimum Gasteiger partial charge on any atom is -0.383 e. The standard InChI is InChI=1S/C19H19N5O/c1-5-12-6-8-13(9-7-12)23-18(25)14-10-24(19(2,3)4)17-15(14)16(20)21-11-22-17/h1,6-11H,2-4H3,(H,23,25)(H2,20,21,22). The molecule has 0 saturated carbocycles. The van der Waals surface area contributed by atoms with Crippen LogP contribution in [-0.4, -0.2) is 20.4 Å². The zero-order valence-corrected chi connectivity index (χ0v) is 14.4. The number of carbonyl (C=O) groups excluding carboxylic acids is 1. The first kappa shape index (κ1) is 16.5. The van der Waals surface area contributed by atoms with Crippen LogP contribution in [0, 0.1) is 12.3 Å². The normalized spacial score (nSPS) is 11.3. The zero-order valence-electron chi connectivity index (χ0n) is 14.4. The van der Waals surface area contributed by atoms with Crippen molar-refractivity contribution < 1.29 is 4.79 Å². The molecule has 0 aliphatic carbocycles. The molecule has 1 amide bonds. The van der Waals surface area contributed by atoms with Gasteiger partial charge in [0.2, 0.25) is 0 Å². The third-order valence-electron chi connectivity index (χ3n) is 3.89. The minimum atomic E-state index is -0.275. The van der Waals surface area contributed by atoms with E-state index in [0.717, 1.165) is 5.56 Å². The lowest BCUT2D eigenvalue weighted by atomic mass is 10.1. The highest BCUT2D eigenvalue weighted by molar-refractivity contribution is 6.14. The lowest BCUT2D eigenvalue weighted by Crippen LogP contribution is -2.21. The number of nitrogens with one attached hydrogen (secondary N) is 1. The third kappa shape index (κ3) is 3.04. The van der Waals surface area contributed by atoms with Crippen LogP contribution in [0.5, 0.6) is 0 Å². The molecule has 0 saturated heterocycles. The lowest BCUT2D eigenvalue weighted by Gasteiger charge is -2.21. The molecule has 6 heteroatoms. The molecule has 1 aromatic carbocycles. The summed E-state index contributed by atoms with van der Waals surface area (Å²) in [6.07, 6.45) is 8.51. The Kier molecular flexibility index (Phi) is 3.93. The molecule has 3 aromatic rings. The SMILES string of the molecule is C#Cc1ccc(NC(=O)c2cn(C(C)(C)C)c3ncnc(N)c23)cc1. The van der Waals surface area contributed by atoms with Crippen molar-refractivity contribution in [3.05, 3.63) is 47.9 Å². The van der Waals surface area contributed by atoms with Crippen LogP contribution in [0.4, 0.5) is 11.5 Å². The van der Waals surface area contributed by atoms with Gasteiger partial charge in [0.15, 0.2) is 0 Å². The maximum Gasteiger partial charge on any atom is 0.258 e. The molecule has 0 aliphatic heterocycles. The van der Waals surface area contributed by atoms with Crippen molar-refractivity contribution in [2.45, 2.75) is 26.3 Å². The molecular weight excluding hydrogens is 314 g/mol. The summed E-state index contributed by atoms with van der Waals surface area (Å²) in [4.78, 5) is 21.1. The minimum absolute atomic E-state index is 0.258. The fraction of sp³-hybridized carbons (Fsp3) is 0.211. The fourth-order valence-corrected chi connectivity index (χ4v) is 2.62. The summed E-state index contributed by atoms with van der Waals surface area (Å²) < 4.78 is 1.93. The van der Waals surface area contributed by atoms with Gasteiger partial charge in [0.05, 0.1) is 10.9 Å². The predicted molar refractivity (Wildman–Crippen MR) is 99.3 cm³/mol. The van der Waals surface area contributed by atoms with Gasteiger partial charge in [-0.15, -0.1) is 6.42 Å². The summed E-state index contributed by atoms with van der Waals surface area (Å²) in [6.45, 7) is 6.10. The van der Waals surface area contributed by atoms with E-state index in [2.05, 4.69) is 21.2 Å². The number of rotatable bonds is 2. The summed E-state index contributed by atoms with van der Waals surface area (Å²) >= 11 is 0. The number of amides is 1. The molecule has 3 N–H and O–H groups in total. The Hall–Kier alpha value is -3.33. The van der Waals surface area contributed by atoms with Crippen molar-refractivity contribution in [2.75, 3.05) is 11.1 Å². The fourth-order valence-electron chi connectivity index (χ4n) is 2.62. The first-order chi connectivity index (χ1) is 11.8. The van der Waals surface area contributed by atoms with E-state index in [0.29, 0.717) is 22.3 Å². The molecule has 3 rings (SSSR count). The van der Waals surface area contributed by atoms with Crippen molar-refractivity contribution in [2.24, 2.45) is 0 Å². The second kappa shape index (κ2) is 5.95. The summed E-state index contributed by atoms with van der Waals surface area (Å²) in [7, 11) is 0. The number of fused-ring (bicyclic) bond motifs is 1. The summed E-state index contributed by atoms with van der Waals surface area (Å²) in [5.74, 6) is 2.55. The van der Waals surface area contributed by atoms with Gasteiger partial charge in [-0.1, -0.05) is 5.92 Å². The summed E-state index contributed by atoms with van der Waals surface area (Å²) in [5, 5.41) is 3.41. The molecule has 0 radical (unpaired) electrons. The smallest absolute Gasteiger partial charge is 0.258 e. The average molecular weight is 333 g/mol. The number of benzene rings is 1. The number of carbonyl (C=O) groups is 1. The van der Waals surface area contributed by atoms with E-state index in [1.807, 2.05) is 25.3 Å². The molecular formula is C19H19N5O. The van der Waals surface area contributed by atoms with E-state index in [1.54, 1.807) is 30.5 Å². The van der Waals surface area contributed by atoms with Gasteiger partial charge in [-0.05, 0) is 45.0 Å². The van der Waals surface area contributed by atoms with Crippen LogP contribution in [-0.2, 0) is 5.54 Å². The lowest BCUT2D eigenvalue weighted by molar-refractivity contribution is 0.102. The molecule has 0 aliphatic rings. The molecule has 0 bridgehead atoms. The topological polar surface area (TPSA) is 85.8 Å². The maximum atomic E-state index is 12.8. The molecule has 0 atom stereocenters. The van der Waals surface area contributed by atoms with Gasteiger partial charge in [0.25, 0.3) is 5.91 Å². The van der Waals surface area contributed by atoms with E-state index in [4.69, 9.17) is 12.2 Å². The van der Waals surface area contributed by atoms with Crippen molar-refractivity contribution in [1.29, 1.82) is 0 Å². The first-order valence-corrected chi connectivity index (χ1v) is 7.81. The number of terminal acetylenes is 1. The average Bonchev–Trinajstić information content (AvgIpc) is 2.97. The highest BCUT2D eigenvalue weighted by Crippen LogP contribution is 2.29. The monoisotopic (exact) mass is 333 g/mol. The highest BCUT2D eigenvalue weighted by atomic mass is 16.1. The Balaban J connectivity index is 2.05. The van der Waals surface area contributed by atoms with Gasteiger partial charge in [-0.2, -0.15) is 0 Å². The number of hydrogen-bond donors (Lipinski definition) is 2. The third-order valence-corrected chi connectivity index (χ3v) is 3.89. The summed E-state index contributed by atoms with van der Waals surface area (Å²) in [5.41, 5.74) is 8.22. The van der Waals surface area contributed by atoms with Crippen LogP contribution in [0.1, 0.15) is 36.7 Å². The van der Waals surface area contributed by atoms with Crippen molar-refractivity contribution >= 4 is 28.4 Å². The molecule has 2 heterocycles. The van der Waals surface area contributed by atoms with E-state index in [-0.39, 0.29) is 17.3 Å². The van der Waals surface area contributed by atoms with Gasteiger partial charge in [0, 0.05) is 23.0 Å². The molecule has 0 unspecified atom stereocenters.